The third kappa shape index (κ3) is 5.34. The molecule has 0 saturated carbocycles. The summed E-state index contributed by atoms with van der Waals surface area (Å²) in [5.74, 6) is -1.53. The van der Waals surface area contributed by atoms with Crippen LogP contribution in [0.4, 0.5) is 30.7 Å². The SMILES string of the molecule is Fc1cc2cc(-c3c(F)cc(SCc4ccc5ccccc5c4)cc3F)ccc2c(F)c1C#CC(F)(F)F. The molecule has 0 aromatic heterocycles. The smallest absolute Gasteiger partial charge is 0.206 e. The lowest BCUT2D eigenvalue weighted by atomic mass is 9.98. The second-order valence-corrected chi connectivity index (χ2v) is 9.51. The van der Waals surface area contributed by atoms with Crippen LogP contribution in [0.2, 0.25) is 0 Å². The molecule has 0 aliphatic carbocycles. The van der Waals surface area contributed by atoms with Gasteiger partial charge in [0.25, 0.3) is 0 Å². The maximum absolute atomic E-state index is 15.0. The van der Waals surface area contributed by atoms with E-state index in [0.29, 0.717) is 10.6 Å². The number of hydrogen-bond acceptors (Lipinski definition) is 1. The van der Waals surface area contributed by atoms with Crippen LogP contribution in [-0.4, -0.2) is 6.18 Å². The fourth-order valence-electron chi connectivity index (χ4n) is 4.14. The van der Waals surface area contributed by atoms with Crippen LogP contribution in [0.25, 0.3) is 32.7 Å². The minimum Gasteiger partial charge on any atom is -0.206 e. The zero-order valence-corrected chi connectivity index (χ0v) is 20.1. The van der Waals surface area contributed by atoms with Gasteiger partial charge in [0.15, 0.2) is 0 Å². The first kappa shape index (κ1) is 25.7. The van der Waals surface area contributed by atoms with Gasteiger partial charge in [0.2, 0.25) is 0 Å². The lowest BCUT2D eigenvalue weighted by Crippen LogP contribution is -2.02. The molecule has 190 valence electrons. The largest absolute Gasteiger partial charge is 0.458 e. The third-order valence-electron chi connectivity index (χ3n) is 5.88. The Hall–Kier alpha value is -3.96. The van der Waals surface area contributed by atoms with Gasteiger partial charge in [-0.1, -0.05) is 60.5 Å². The molecule has 0 saturated heterocycles. The summed E-state index contributed by atoms with van der Waals surface area (Å²) >= 11 is 1.26. The van der Waals surface area contributed by atoms with Gasteiger partial charge in [-0.3, -0.25) is 0 Å². The van der Waals surface area contributed by atoms with E-state index in [0.717, 1.165) is 34.4 Å². The van der Waals surface area contributed by atoms with Crippen LogP contribution >= 0.6 is 11.8 Å². The van der Waals surface area contributed by atoms with Crippen molar-refractivity contribution in [2.75, 3.05) is 0 Å². The molecule has 0 spiro atoms. The van der Waals surface area contributed by atoms with E-state index >= 15 is 8.78 Å². The molecule has 0 amide bonds. The van der Waals surface area contributed by atoms with E-state index in [1.807, 2.05) is 42.5 Å². The molecular formula is C30H15F7S. The highest BCUT2D eigenvalue weighted by Crippen LogP contribution is 2.35. The molecular weight excluding hydrogens is 525 g/mol. The standard InChI is InChI=1S/C30H15F7S/c31-25-13-21-12-20(7-8-23(21)29(34)24(25)9-10-30(35,36)37)28-26(32)14-22(15-27(28)33)38-16-17-5-6-18-3-1-2-4-19(18)11-17/h1-8,11-15H,16H2. The van der Waals surface area contributed by atoms with Crippen LogP contribution in [0.3, 0.4) is 0 Å². The van der Waals surface area contributed by atoms with Crippen LogP contribution in [0, 0.1) is 35.1 Å². The van der Waals surface area contributed by atoms with Crippen LogP contribution in [-0.2, 0) is 5.75 Å². The van der Waals surface area contributed by atoms with Crippen LogP contribution < -0.4 is 0 Å². The Morgan fingerprint density at radius 3 is 2.11 bits per heavy atom. The normalized spacial score (nSPS) is 11.6. The Balaban J connectivity index is 1.43. The van der Waals surface area contributed by atoms with Crippen molar-refractivity contribution in [1.29, 1.82) is 0 Å². The van der Waals surface area contributed by atoms with E-state index in [9.17, 15) is 22.0 Å². The van der Waals surface area contributed by atoms with E-state index < -0.39 is 35.0 Å². The lowest BCUT2D eigenvalue weighted by Gasteiger charge is -2.11. The molecule has 0 heterocycles. The highest BCUT2D eigenvalue weighted by molar-refractivity contribution is 7.98. The average Bonchev–Trinajstić information content (AvgIpc) is 2.86. The van der Waals surface area contributed by atoms with Crippen LogP contribution in [0.5, 0.6) is 0 Å². The van der Waals surface area contributed by atoms with Gasteiger partial charge in [-0.15, -0.1) is 11.8 Å². The summed E-state index contributed by atoms with van der Waals surface area (Å²) in [7, 11) is 0. The van der Waals surface area contributed by atoms with Crippen LogP contribution in [0.15, 0.2) is 83.8 Å². The lowest BCUT2D eigenvalue weighted by molar-refractivity contribution is -0.0696. The summed E-state index contributed by atoms with van der Waals surface area (Å²) in [6, 6.07) is 20.5. The second-order valence-electron chi connectivity index (χ2n) is 8.46. The van der Waals surface area contributed by atoms with Gasteiger partial charge in [-0.2, -0.15) is 13.2 Å². The molecule has 5 rings (SSSR count). The quantitative estimate of drug-likeness (QED) is 0.124. The minimum absolute atomic E-state index is 0.0199. The van der Waals surface area contributed by atoms with Gasteiger partial charge in [0, 0.05) is 22.0 Å². The zero-order chi connectivity index (χ0) is 27.0. The molecule has 5 aromatic rings. The first-order valence-electron chi connectivity index (χ1n) is 11.2. The molecule has 5 aromatic carbocycles. The Morgan fingerprint density at radius 1 is 0.684 bits per heavy atom. The average molecular weight is 541 g/mol. The Labute approximate surface area is 217 Å². The van der Waals surface area contributed by atoms with Gasteiger partial charge in [0.05, 0.1) is 11.1 Å². The monoisotopic (exact) mass is 540 g/mol. The van der Waals surface area contributed by atoms with Crippen molar-refractivity contribution in [3.05, 3.63) is 113 Å². The van der Waals surface area contributed by atoms with Crippen molar-refractivity contribution < 1.29 is 30.7 Å². The van der Waals surface area contributed by atoms with Crippen molar-refractivity contribution in [3.8, 4) is 23.0 Å². The molecule has 0 nitrogen and oxygen atoms in total. The van der Waals surface area contributed by atoms with Gasteiger partial charge in [0.1, 0.15) is 23.3 Å². The van der Waals surface area contributed by atoms with E-state index in [4.69, 9.17) is 0 Å². The van der Waals surface area contributed by atoms with Crippen molar-refractivity contribution in [3.63, 3.8) is 0 Å². The Kier molecular flexibility index (Phi) is 6.80. The summed E-state index contributed by atoms with van der Waals surface area (Å²) in [6.07, 6.45) is -4.92. The summed E-state index contributed by atoms with van der Waals surface area (Å²) in [5.41, 5.74) is -0.417. The Bertz CT molecular complexity index is 1740. The summed E-state index contributed by atoms with van der Waals surface area (Å²) in [6.45, 7) is 0. The first-order valence-corrected chi connectivity index (χ1v) is 12.2. The van der Waals surface area contributed by atoms with Gasteiger partial charge in [-0.25, -0.2) is 17.6 Å². The molecule has 0 bridgehead atoms. The van der Waals surface area contributed by atoms with E-state index in [-0.39, 0.29) is 21.9 Å². The maximum atomic E-state index is 15.0. The summed E-state index contributed by atoms with van der Waals surface area (Å²) in [4.78, 5) is 0.364. The molecule has 0 N–H and O–H groups in total. The molecule has 0 radical (unpaired) electrons. The topological polar surface area (TPSA) is 0 Å². The highest BCUT2D eigenvalue weighted by atomic mass is 32.2. The van der Waals surface area contributed by atoms with Crippen molar-refractivity contribution in [2.45, 2.75) is 16.8 Å². The van der Waals surface area contributed by atoms with E-state index in [1.54, 1.807) is 0 Å². The number of rotatable bonds is 4. The molecule has 0 fully saturated rings. The fraction of sp³-hybridized carbons (Fsp3) is 0.0667. The van der Waals surface area contributed by atoms with Gasteiger partial charge < -0.3 is 0 Å². The maximum Gasteiger partial charge on any atom is 0.458 e. The molecule has 0 unspecified atom stereocenters. The molecule has 0 aliphatic heterocycles. The van der Waals surface area contributed by atoms with Gasteiger partial charge >= 0.3 is 6.18 Å². The van der Waals surface area contributed by atoms with E-state index in [2.05, 4.69) is 0 Å². The fourth-order valence-corrected chi connectivity index (χ4v) is 5.02. The number of halogens is 7. The number of benzene rings is 5. The van der Waals surface area contributed by atoms with Crippen LogP contribution in [0.1, 0.15) is 11.1 Å². The van der Waals surface area contributed by atoms with Crippen molar-refractivity contribution in [2.24, 2.45) is 0 Å². The summed E-state index contributed by atoms with van der Waals surface area (Å²) < 4.78 is 96.2. The van der Waals surface area contributed by atoms with Crippen molar-refractivity contribution >= 4 is 33.3 Å². The van der Waals surface area contributed by atoms with Gasteiger partial charge in [-0.05, 0) is 51.6 Å². The first-order chi connectivity index (χ1) is 18.1. The third-order valence-corrected chi connectivity index (χ3v) is 6.93. The highest BCUT2D eigenvalue weighted by Gasteiger charge is 2.24. The number of hydrogen-bond donors (Lipinski definition) is 0. The molecule has 8 heteroatoms. The van der Waals surface area contributed by atoms with Crippen molar-refractivity contribution in [1.82, 2.24) is 0 Å². The molecule has 0 atom stereocenters. The predicted octanol–water partition coefficient (Wildman–Crippen LogP) is 9.42. The summed E-state index contributed by atoms with van der Waals surface area (Å²) in [5, 5.41) is 1.83. The number of thioether (sulfide) groups is 1. The molecule has 0 aliphatic rings. The predicted molar refractivity (Wildman–Crippen MR) is 136 cm³/mol. The number of alkyl halides is 3. The number of fused-ring (bicyclic) bond motifs is 2. The Morgan fingerprint density at radius 2 is 1.39 bits per heavy atom. The minimum atomic E-state index is -4.92. The van der Waals surface area contributed by atoms with E-state index in [1.165, 1.54) is 41.9 Å². The second kappa shape index (κ2) is 10.1. The molecule has 38 heavy (non-hydrogen) atoms. The zero-order valence-electron chi connectivity index (χ0n) is 19.3.